The maximum atomic E-state index is 12.8. The summed E-state index contributed by atoms with van der Waals surface area (Å²) in [5, 5.41) is 10.7. The van der Waals surface area contributed by atoms with Crippen LogP contribution in [0.25, 0.3) is 6.08 Å². The molecule has 2 saturated heterocycles. The zero-order valence-electron chi connectivity index (χ0n) is 15.4. The van der Waals surface area contributed by atoms with Crippen molar-refractivity contribution in [2.75, 3.05) is 6.61 Å². The van der Waals surface area contributed by atoms with Gasteiger partial charge in [0.2, 0.25) is 0 Å². The Morgan fingerprint density at radius 1 is 1.27 bits per heavy atom. The van der Waals surface area contributed by atoms with E-state index < -0.39 is 17.1 Å². The SMILES string of the molecule is CC1C[C@H]2O[C@@H]3[C@@H](O)C[C@](C)([C@@]2(/C=C/c2ccccc2)CC1=O)[C@]31CO1. The van der Waals surface area contributed by atoms with E-state index in [1.165, 1.54) is 0 Å². The topological polar surface area (TPSA) is 59.1 Å². The first-order chi connectivity index (χ1) is 12.4. The van der Waals surface area contributed by atoms with E-state index in [9.17, 15) is 9.90 Å². The number of benzene rings is 1. The second-order valence-corrected chi connectivity index (χ2v) is 8.89. The van der Waals surface area contributed by atoms with E-state index >= 15 is 0 Å². The summed E-state index contributed by atoms with van der Waals surface area (Å²) in [5.41, 5.74) is -0.0581. The predicted octanol–water partition coefficient (Wildman–Crippen LogP) is 2.99. The van der Waals surface area contributed by atoms with Crippen molar-refractivity contribution >= 4 is 11.9 Å². The Balaban J connectivity index is 1.64. The third-order valence-electron chi connectivity index (χ3n) is 7.69. The molecule has 138 valence electrons. The van der Waals surface area contributed by atoms with E-state index in [1.807, 2.05) is 25.1 Å². The zero-order valence-corrected chi connectivity index (χ0v) is 15.4. The molecule has 1 unspecified atom stereocenters. The van der Waals surface area contributed by atoms with Gasteiger partial charge in [0.05, 0.1) is 18.8 Å². The van der Waals surface area contributed by atoms with Crippen molar-refractivity contribution in [2.45, 2.75) is 57.0 Å². The van der Waals surface area contributed by atoms with Crippen LogP contribution in [0.2, 0.25) is 0 Å². The molecule has 4 fully saturated rings. The predicted molar refractivity (Wildman–Crippen MR) is 97.4 cm³/mol. The molecule has 2 saturated carbocycles. The minimum absolute atomic E-state index is 0.00700. The molecule has 2 heterocycles. The molecule has 4 aliphatic rings. The maximum Gasteiger partial charge on any atom is 0.136 e. The molecular formula is C22H26O4. The van der Waals surface area contributed by atoms with Crippen molar-refractivity contribution in [2.24, 2.45) is 16.7 Å². The van der Waals surface area contributed by atoms with E-state index in [2.05, 4.69) is 31.2 Å². The molecule has 1 N–H and O–H groups in total. The van der Waals surface area contributed by atoms with Crippen LogP contribution in [0, 0.1) is 16.7 Å². The quantitative estimate of drug-likeness (QED) is 0.830. The first-order valence-corrected chi connectivity index (χ1v) is 9.66. The number of aliphatic hydroxyl groups excluding tert-OH is 1. The number of hydrogen-bond acceptors (Lipinski definition) is 4. The molecule has 5 rings (SSSR count). The van der Waals surface area contributed by atoms with Crippen LogP contribution in [0.15, 0.2) is 36.4 Å². The molecule has 1 spiro atoms. The van der Waals surface area contributed by atoms with Gasteiger partial charge in [-0.2, -0.15) is 0 Å². The van der Waals surface area contributed by atoms with Crippen LogP contribution in [-0.2, 0) is 14.3 Å². The van der Waals surface area contributed by atoms with E-state index in [-0.39, 0.29) is 23.5 Å². The lowest BCUT2D eigenvalue weighted by atomic mass is 9.50. The number of rotatable bonds is 2. The van der Waals surface area contributed by atoms with Crippen molar-refractivity contribution in [1.29, 1.82) is 0 Å². The van der Waals surface area contributed by atoms with Gasteiger partial charge in [-0.1, -0.05) is 56.3 Å². The average molecular weight is 354 g/mol. The number of fused-ring (bicyclic) bond motifs is 2. The Kier molecular flexibility index (Phi) is 3.38. The van der Waals surface area contributed by atoms with Crippen LogP contribution in [0.4, 0.5) is 0 Å². The summed E-state index contributed by atoms with van der Waals surface area (Å²) < 4.78 is 12.4. The minimum atomic E-state index is -0.527. The van der Waals surface area contributed by atoms with Crippen molar-refractivity contribution < 1.29 is 19.4 Å². The molecular weight excluding hydrogens is 328 g/mol. The summed E-state index contributed by atoms with van der Waals surface area (Å²) in [5.74, 6) is 0.298. The number of carbonyl (C=O) groups is 1. The fraction of sp³-hybridized carbons (Fsp3) is 0.591. The molecule has 0 radical (unpaired) electrons. The summed E-state index contributed by atoms with van der Waals surface area (Å²) in [4.78, 5) is 12.8. The summed E-state index contributed by atoms with van der Waals surface area (Å²) in [7, 11) is 0. The second-order valence-electron chi connectivity index (χ2n) is 8.89. The fourth-order valence-corrected chi connectivity index (χ4v) is 5.97. The third-order valence-corrected chi connectivity index (χ3v) is 7.69. The standard InChI is InChI=1S/C22H26O4/c1-14-10-18-21(12-16(14)23,9-8-15-6-4-3-5-7-15)20(2)11-17(24)19(26-18)22(20)13-25-22/h3-9,14,17-19,24H,10-13H2,1-2H3/b9-8+/t14?,17-,18+,19+,20+,21-,22-/m0/s1. The highest BCUT2D eigenvalue weighted by atomic mass is 16.6. The van der Waals surface area contributed by atoms with Crippen LogP contribution in [0.3, 0.4) is 0 Å². The van der Waals surface area contributed by atoms with E-state index in [1.54, 1.807) is 0 Å². The zero-order chi connectivity index (χ0) is 18.2. The highest BCUT2D eigenvalue weighted by Crippen LogP contribution is 2.72. The molecule has 1 aromatic carbocycles. The summed E-state index contributed by atoms with van der Waals surface area (Å²) in [6.07, 6.45) is 5.26. The Morgan fingerprint density at radius 2 is 2.00 bits per heavy atom. The Morgan fingerprint density at radius 3 is 2.69 bits per heavy atom. The molecule has 4 nitrogen and oxygen atoms in total. The average Bonchev–Trinajstić information content (AvgIpc) is 3.39. The van der Waals surface area contributed by atoms with Gasteiger partial charge >= 0.3 is 0 Å². The third kappa shape index (κ3) is 1.93. The maximum absolute atomic E-state index is 12.8. The van der Waals surface area contributed by atoms with Gasteiger partial charge in [-0.3, -0.25) is 4.79 Å². The molecule has 7 atom stereocenters. The summed E-state index contributed by atoms with van der Waals surface area (Å²) in [6, 6.07) is 10.2. The Hall–Kier alpha value is -1.49. The van der Waals surface area contributed by atoms with Crippen LogP contribution in [0.5, 0.6) is 0 Å². The molecule has 2 bridgehead atoms. The number of carbonyl (C=O) groups excluding carboxylic acids is 1. The minimum Gasteiger partial charge on any atom is -0.390 e. The fourth-order valence-electron chi connectivity index (χ4n) is 5.97. The van der Waals surface area contributed by atoms with E-state index in [0.29, 0.717) is 31.7 Å². The first kappa shape index (κ1) is 16.7. The van der Waals surface area contributed by atoms with Gasteiger partial charge in [-0.05, 0) is 18.4 Å². The van der Waals surface area contributed by atoms with Gasteiger partial charge in [0, 0.05) is 23.2 Å². The Bertz CT molecular complexity index is 768. The molecule has 2 aliphatic carbocycles. The van der Waals surface area contributed by atoms with Gasteiger partial charge in [-0.25, -0.2) is 0 Å². The number of epoxide rings is 1. The highest BCUT2D eigenvalue weighted by Gasteiger charge is 2.81. The van der Waals surface area contributed by atoms with Crippen LogP contribution >= 0.6 is 0 Å². The first-order valence-electron chi connectivity index (χ1n) is 9.66. The number of hydrogen-bond donors (Lipinski definition) is 1. The smallest absolute Gasteiger partial charge is 0.136 e. The molecule has 1 aromatic rings. The molecule has 26 heavy (non-hydrogen) atoms. The largest absolute Gasteiger partial charge is 0.390 e. The number of ketones is 1. The van der Waals surface area contributed by atoms with Gasteiger partial charge < -0.3 is 14.6 Å². The van der Waals surface area contributed by atoms with Gasteiger partial charge in [0.25, 0.3) is 0 Å². The number of Topliss-reactive ketones (excluding diaryl/α,β-unsaturated/α-hetero) is 1. The molecule has 2 aliphatic heterocycles. The van der Waals surface area contributed by atoms with Crippen molar-refractivity contribution in [3.63, 3.8) is 0 Å². The number of aliphatic hydroxyl groups is 1. The summed E-state index contributed by atoms with van der Waals surface area (Å²) >= 11 is 0. The Labute approximate surface area is 154 Å². The lowest BCUT2D eigenvalue weighted by molar-refractivity contribution is -0.213. The van der Waals surface area contributed by atoms with Crippen molar-refractivity contribution in [3.8, 4) is 0 Å². The molecule has 0 amide bonds. The van der Waals surface area contributed by atoms with Crippen molar-refractivity contribution in [3.05, 3.63) is 42.0 Å². The normalized spacial score (nSPS) is 49.6. The lowest BCUT2D eigenvalue weighted by Gasteiger charge is -2.58. The van der Waals surface area contributed by atoms with Crippen LogP contribution in [0.1, 0.15) is 38.7 Å². The second kappa shape index (κ2) is 5.28. The number of ether oxygens (including phenoxy) is 2. The van der Waals surface area contributed by atoms with Gasteiger partial charge in [0.15, 0.2) is 0 Å². The van der Waals surface area contributed by atoms with Crippen LogP contribution < -0.4 is 0 Å². The van der Waals surface area contributed by atoms with Crippen LogP contribution in [-0.4, -0.2) is 41.4 Å². The molecule has 0 aromatic heterocycles. The monoisotopic (exact) mass is 354 g/mol. The van der Waals surface area contributed by atoms with E-state index in [4.69, 9.17) is 9.47 Å². The van der Waals surface area contributed by atoms with Crippen molar-refractivity contribution in [1.82, 2.24) is 0 Å². The van der Waals surface area contributed by atoms with Gasteiger partial charge in [0.1, 0.15) is 17.5 Å². The van der Waals surface area contributed by atoms with Gasteiger partial charge in [-0.15, -0.1) is 0 Å². The highest BCUT2D eigenvalue weighted by molar-refractivity contribution is 5.83. The van der Waals surface area contributed by atoms with E-state index in [0.717, 1.165) is 5.56 Å². The molecule has 4 heteroatoms. The summed E-state index contributed by atoms with van der Waals surface area (Å²) in [6.45, 7) is 4.81. The lowest BCUT2D eigenvalue weighted by Crippen LogP contribution is -2.64.